The Hall–Kier alpha value is -1.86. The van der Waals surface area contributed by atoms with Gasteiger partial charge < -0.3 is 4.90 Å². The number of fused-ring (bicyclic) bond motifs is 1. The molecular weight excluding hydrogens is 301 g/mol. The number of piperidine rings is 1. The molecule has 1 aliphatic heterocycles. The van der Waals surface area contributed by atoms with Crippen molar-refractivity contribution in [1.29, 1.82) is 0 Å². The van der Waals surface area contributed by atoms with E-state index >= 15 is 0 Å². The van der Waals surface area contributed by atoms with E-state index in [1.165, 1.54) is 23.5 Å². The molecule has 0 radical (unpaired) electrons. The smallest absolute Gasteiger partial charge is 0.234 e. The number of hydrogen-bond donors (Lipinski definition) is 0. The van der Waals surface area contributed by atoms with E-state index in [1.807, 2.05) is 4.52 Å². The number of hydrogen-bond acceptors (Lipinski definition) is 5. The number of halogens is 1. The predicted octanol–water partition coefficient (Wildman–Crippen LogP) is 2.80. The Morgan fingerprint density at radius 3 is 2.59 bits per heavy atom. The molecule has 114 valence electrons. The Morgan fingerprint density at radius 2 is 1.86 bits per heavy atom. The summed E-state index contributed by atoms with van der Waals surface area (Å²) in [5, 5.41) is 14.1. The molecule has 4 rings (SSSR count). The molecule has 0 spiro atoms. The molecule has 0 atom stereocenters. The van der Waals surface area contributed by atoms with Crippen molar-refractivity contribution in [3.05, 3.63) is 35.9 Å². The van der Waals surface area contributed by atoms with Gasteiger partial charge >= 0.3 is 0 Å². The van der Waals surface area contributed by atoms with Crippen molar-refractivity contribution < 1.29 is 4.39 Å². The Bertz CT molecular complexity index is 786. The van der Waals surface area contributed by atoms with Gasteiger partial charge in [-0.15, -0.1) is 10.2 Å². The molecule has 22 heavy (non-hydrogen) atoms. The van der Waals surface area contributed by atoms with E-state index in [-0.39, 0.29) is 5.82 Å². The summed E-state index contributed by atoms with van der Waals surface area (Å²) in [5.74, 6) is 1.13. The molecule has 2 aromatic heterocycles. The van der Waals surface area contributed by atoms with E-state index in [2.05, 4.69) is 27.2 Å². The molecule has 0 bridgehead atoms. The van der Waals surface area contributed by atoms with Crippen molar-refractivity contribution >= 4 is 16.3 Å². The zero-order valence-electron chi connectivity index (χ0n) is 12.2. The fraction of sp³-hybridized carbons (Fsp3) is 0.400. The minimum absolute atomic E-state index is 0.237. The molecule has 1 fully saturated rings. The van der Waals surface area contributed by atoms with Crippen LogP contribution in [0.3, 0.4) is 0 Å². The van der Waals surface area contributed by atoms with E-state index in [0.29, 0.717) is 5.92 Å². The Morgan fingerprint density at radius 1 is 1.14 bits per heavy atom. The molecule has 3 aromatic rings. The highest BCUT2D eigenvalue weighted by Crippen LogP contribution is 2.30. The topological polar surface area (TPSA) is 46.3 Å². The van der Waals surface area contributed by atoms with Crippen molar-refractivity contribution in [3.8, 4) is 10.6 Å². The largest absolute Gasteiger partial charge is 0.306 e. The average Bonchev–Trinajstić information content (AvgIpc) is 3.09. The van der Waals surface area contributed by atoms with Gasteiger partial charge in [0, 0.05) is 11.5 Å². The SMILES string of the molecule is CN1CCC(c2nnc3sc(-c4ccc(F)cc4)nn23)CC1. The lowest BCUT2D eigenvalue weighted by molar-refractivity contribution is 0.250. The van der Waals surface area contributed by atoms with Crippen LogP contribution in [0.4, 0.5) is 4.39 Å². The highest BCUT2D eigenvalue weighted by molar-refractivity contribution is 7.19. The summed E-state index contributed by atoms with van der Waals surface area (Å²) >= 11 is 1.49. The van der Waals surface area contributed by atoms with E-state index in [4.69, 9.17) is 0 Å². The summed E-state index contributed by atoms with van der Waals surface area (Å²) in [5.41, 5.74) is 0.909. The van der Waals surface area contributed by atoms with Crippen LogP contribution in [0.15, 0.2) is 24.3 Å². The third kappa shape index (κ3) is 2.40. The molecule has 0 N–H and O–H groups in total. The molecule has 5 nitrogen and oxygen atoms in total. The quantitative estimate of drug-likeness (QED) is 0.729. The van der Waals surface area contributed by atoms with E-state index in [1.54, 1.807) is 12.1 Å². The Balaban J connectivity index is 1.68. The van der Waals surface area contributed by atoms with Gasteiger partial charge in [-0.05, 0) is 57.2 Å². The molecule has 7 heteroatoms. The average molecular weight is 317 g/mol. The molecule has 3 heterocycles. The van der Waals surface area contributed by atoms with Gasteiger partial charge in [-0.2, -0.15) is 9.61 Å². The van der Waals surface area contributed by atoms with Crippen LogP contribution in [-0.4, -0.2) is 44.8 Å². The standard InChI is InChI=1S/C15H16FN5S/c1-20-8-6-10(7-9-20)13-17-18-15-21(13)19-14(22-15)11-2-4-12(16)5-3-11/h2-5,10H,6-9H2,1H3. The highest BCUT2D eigenvalue weighted by atomic mass is 32.1. The zero-order chi connectivity index (χ0) is 15.1. The summed E-state index contributed by atoms with van der Waals surface area (Å²) in [6.07, 6.45) is 2.17. The van der Waals surface area contributed by atoms with Crippen LogP contribution in [0.25, 0.3) is 15.5 Å². The lowest BCUT2D eigenvalue weighted by Crippen LogP contribution is -2.30. The molecular formula is C15H16FN5S. The normalized spacial score (nSPS) is 17.4. The first-order valence-electron chi connectivity index (χ1n) is 7.37. The summed E-state index contributed by atoms with van der Waals surface area (Å²) < 4.78 is 14.9. The maximum Gasteiger partial charge on any atom is 0.234 e. The minimum atomic E-state index is -0.237. The van der Waals surface area contributed by atoms with Crippen LogP contribution in [-0.2, 0) is 0 Å². The van der Waals surface area contributed by atoms with Crippen molar-refractivity contribution in [3.63, 3.8) is 0 Å². The maximum atomic E-state index is 13.0. The molecule has 0 aliphatic carbocycles. The number of nitrogens with zero attached hydrogens (tertiary/aromatic N) is 5. The van der Waals surface area contributed by atoms with Crippen molar-refractivity contribution in [2.45, 2.75) is 18.8 Å². The van der Waals surface area contributed by atoms with Gasteiger partial charge in [0.15, 0.2) is 5.82 Å². The first-order valence-corrected chi connectivity index (χ1v) is 8.19. The maximum absolute atomic E-state index is 13.0. The molecule has 1 saturated heterocycles. The Kier molecular flexibility index (Phi) is 3.38. The van der Waals surface area contributed by atoms with Gasteiger partial charge in [0.05, 0.1) is 0 Å². The van der Waals surface area contributed by atoms with Crippen LogP contribution in [0.1, 0.15) is 24.6 Å². The van der Waals surface area contributed by atoms with Crippen molar-refractivity contribution in [2.24, 2.45) is 0 Å². The number of likely N-dealkylation sites (tertiary alicyclic amines) is 1. The first kappa shape index (κ1) is 13.8. The van der Waals surface area contributed by atoms with Crippen LogP contribution in [0.2, 0.25) is 0 Å². The minimum Gasteiger partial charge on any atom is -0.306 e. The molecule has 0 amide bonds. The number of rotatable bonds is 2. The summed E-state index contributed by atoms with van der Waals surface area (Å²) in [7, 11) is 2.14. The van der Waals surface area contributed by atoms with Gasteiger partial charge in [0.2, 0.25) is 4.96 Å². The van der Waals surface area contributed by atoms with Crippen molar-refractivity contribution in [2.75, 3.05) is 20.1 Å². The second kappa shape index (κ2) is 5.40. The Labute approximate surface area is 131 Å². The van der Waals surface area contributed by atoms with Crippen LogP contribution >= 0.6 is 11.3 Å². The van der Waals surface area contributed by atoms with Crippen LogP contribution < -0.4 is 0 Å². The number of benzene rings is 1. The summed E-state index contributed by atoms with van der Waals surface area (Å²) in [4.78, 5) is 3.13. The zero-order valence-corrected chi connectivity index (χ0v) is 13.1. The third-order valence-electron chi connectivity index (χ3n) is 4.19. The van der Waals surface area contributed by atoms with Gasteiger partial charge in [0.25, 0.3) is 0 Å². The molecule has 1 aromatic carbocycles. The fourth-order valence-corrected chi connectivity index (χ4v) is 3.71. The predicted molar refractivity (Wildman–Crippen MR) is 83.5 cm³/mol. The van der Waals surface area contributed by atoms with E-state index in [0.717, 1.165) is 47.3 Å². The molecule has 0 unspecified atom stereocenters. The second-order valence-corrected chi connectivity index (χ2v) is 6.70. The summed E-state index contributed by atoms with van der Waals surface area (Å²) in [6, 6.07) is 6.40. The van der Waals surface area contributed by atoms with Gasteiger partial charge in [0.1, 0.15) is 10.8 Å². The van der Waals surface area contributed by atoms with E-state index < -0.39 is 0 Å². The van der Waals surface area contributed by atoms with Crippen LogP contribution in [0, 0.1) is 5.82 Å². The highest BCUT2D eigenvalue weighted by Gasteiger charge is 2.24. The molecule has 0 saturated carbocycles. The van der Waals surface area contributed by atoms with Gasteiger partial charge in [-0.25, -0.2) is 4.39 Å². The lowest BCUT2D eigenvalue weighted by atomic mass is 9.96. The fourth-order valence-electron chi connectivity index (χ4n) is 2.86. The van der Waals surface area contributed by atoms with Crippen molar-refractivity contribution in [1.82, 2.24) is 24.7 Å². The first-order chi connectivity index (χ1) is 10.7. The van der Waals surface area contributed by atoms with Gasteiger partial charge in [-0.3, -0.25) is 0 Å². The lowest BCUT2D eigenvalue weighted by Gasteiger charge is -2.27. The molecule has 1 aliphatic rings. The monoisotopic (exact) mass is 317 g/mol. The van der Waals surface area contributed by atoms with E-state index in [9.17, 15) is 4.39 Å². The second-order valence-electron chi connectivity index (χ2n) is 5.74. The van der Waals surface area contributed by atoms with Gasteiger partial charge in [-0.1, -0.05) is 11.3 Å². The van der Waals surface area contributed by atoms with Crippen LogP contribution in [0.5, 0.6) is 0 Å². The summed E-state index contributed by atoms with van der Waals surface area (Å²) in [6.45, 7) is 2.16. The third-order valence-corrected chi connectivity index (χ3v) is 5.14. The number of aromatic nitrogens is 4.